The van der Waals surface area contributed by atoms with Gasteiger partial charge in [0, 0.05) is 0 Å². The summed E-state index contributed by atoms with van der Waals surface area (Å²) in [5.74, 6) is 1.09. The molecule has 5 nitrogen and oxygen atoms in total. The lowest BCUT2D eigenvalue weighted by molar-refractivity contribution is 0.0928. The fourth-order valence-corrected chi connectivity index (χ4v) is 3.47. The van der Waals surface area contributed by atoms with Gasteiger partial charge in [-0.2, -0.15) is 0 Å². The van der Waals surface area contributed by atoms with Crippen molar-refractivity contribution in [3.05, 3.63) is 81.7 Å². The normalized spacial score (nSPS) is 12.5. The van der Waals surface area contributed by atoms with Gasteiger partial charge in [-0.05, 0) is 55.9 Å². The van der Waals surface area contributed by atoms with Gasteiger partial charge >= 0.3 is 0 Å². The summed E-state index contributed by atoms with van der Waals surface area (Å²) in [4.78, 5) is 12.9. The van der Waals surface area contributed by atoms with Crippen molar-refractivity contribution in [2.75, 3.05) is 0 Å². The molecule has 2 aromatic carbocycles. The molecule has 0 aliphatic rings. The Balaban J connectivity index is 1.71. The molecule has 0 saturated carbocycles. The summed E-state index contributed by atoms with van der Waals surface area (Å²) in [6.45, 7) is 14.6. The molecule has 1 unspecified atom stereocenters. The van der Waals surface area contributed by atoms with E-state index < -0.39 is 0 Å². The molecule has 1 amide bonds. The highest BCUT2D eigenvalue weighted by Gasteiger charge is 2.22. The van der Waals surface area contributed by atoms with Crippen LogP contribution in [0, 0.1) is 20.8 Å². The summed E-state index contributed by atoms with van der Waals surface area (Å²) >= 11 is 0. The standard InChI is InChI=1S/C26H32N2O3/c1-16-8-13-23(17(2)14-16)30-15-22-19(4)31-28-24(22)25(29)27-18(3)20-9-11-21(12-10-20)26(5,6)7/h8-14,18H,15H2,1-7H3,(H,27,29). The highest BCUT2D eigenvalue weighted by atomic mass is 16.5. The van der Waals surface area contributed by atoms with Crippen molar-refractivity contribution in [3.63, 3.8) is 0 Å². The summed E-state index contributed by atoms with van der Waals surface area (Å²) in [5, 5.41) is 7.02. The number of aryl methyl sites for hydroxylation is 3. The Labute approximate surface area is 184 Å². The van der Waals surface area contributed by atoms with Gasteiger partial charge in [-0.1, -0.05) is 67.9 Å². The first kappa shape index (κ1) is 22.6. The molecular formula is C26H32N2O3. The number of carbonyl (C=O) groups is 1. The lowest BCUT2D eigenvalue weighted by atomic mass is 9.86. The van der Waals surface area contributed by atoms with Crippen LogP contribution in [0.4, 0.5) is 0 Å². The van der Waals surface area contributed by atoms with E-state index in [-0.39, 0.29) is 29.7 Å². The molecule has 0 spiro atoms. The van der Waals surface area contributed by atoms with Crippen LogP contribution in [0.25, 0.3) is 0 Å². The summed E-state index contributed by atoms with van der Waals surface area (Å²) in [5.41, 5.74) is 5.53. The minimum Gasteiger partial charge on any atom is -0.488 e. The third-order valence-corrected chi connectivity index (χ3v) is 5.53. The Morgan fingerprint density at radius 2 is 1.77 bits per heavy atom. The van der Waals surface area contributed by atoms with E-state index in [1.807, 2.05) is 32.9 Å². The molecule has 1 aromatic heterocycles. The molecule has 5 heteroatoms. The van der Waals surface area contributed by atoms with E-state index in [0.29, 0.717) is 11.3 Å². The Morgan fingerprint density at radius 3 is 2.39 bits per heavy atom. The minimum atomic E-state index is -0.275. The number of hydrogen-bond donors (Lipinski definition) is 1. The molecular weight excluding hydrogens is 388 g/mol. The van der Waals surface area contributed by atoms with Crippen LogP contribution < -0.4 is 10.1 Å². The van der Waals surface area contributed by atoms with Crippen LogP contribution in [0.2, 0.25) is 0 Å². The SMILES string of the molecule is Cc1ccc(OCc2c(C(=O)NC(C)c3ccc(C(C)(C)C)cc3)noc2C)c(C)c1. The predicted molar refractivity (Wildman–Crippen MR) is 123 cm³/mol. The van der Waals surface area contributed by atoms with Gasteiger partial charge in [0.05, 0.1) is 11.6 Å². The van der Waals surface area contributed by atoms with Crippen LogP contribution in [0.3, 0.4) is 0 Å². The molecule has 0 aliphatic carbocycles. The molecule has 0 aliphatic heterocycles. The van der Waals surface area contributed by atoms with Crippen molar-refractivity contribution in [1.29, 1.82) is 0 Å². The number of nitrogens with zero attached hydrogens (tertiary/aromatic N) is 1. The van der Waals surface area contributed by atoms with E-state index in [9.17, 15) is 4.79 Å². The highest BCUT2D eigenvalue weighted by Crippen LogP contribution is 2.25. The van der Waals surface area contributed by atoms with Gasteiger partial charge in [0.25, 0.3) is 5.91 Å². The van der Waals surface area contributed by atoms with Crippen molar-refractivity contribution >= 4 is 5.91 Å². The number of amides is 1. The summed E-state index contributed by atoms with van der Waals surface area (Å²) in [6.07, 6.45) is 0. The van der Waals surface area contributed by atoms with Gasteiger partial charge < -0.3 is 14.6 Å². The van der Waals surface area contributed by atoms with E-state index in [4.69, 9.17) is 9.26 Å². The molecule has 164 valence electrons. The number of rotatable bonds is 6. The number of carbonyl (C=O) groups excluding carboxylic acids is 1. The monoisotopic (exact) mass is 420 g/mol. The highest BCUT2D eigenvalue weighted by molar-refractivity contribution is 5.94. The van der Waals surface area contributed by atoms with Crippen molar-refractivity contribution in [2.24, 2.45) is 0 Å². The maximum absolute atomic E-state index is 12.9. The smallest absolute Gasteiger partial charge is 0.274 e. The summed E-state index contributed by atoms with van der Waals surface area (Å²) < 4.78 is 11.3. The molecule has 0 radical (unpaired) electrons. The maximum atomic E-state index is 12.9. The molecule has 31 heavy (non-hydrogen) atoms. The van der Waals surface area contributed by atoms with Crippen LogP contribution in [0.1, 0.15) is 77.8 Å². The van der Waals surface area contributed by atoms with E-state index in [0.717, 1.165) is 16.9 Å². The van der Waals surface area contributed by atoms with E-state index >= 15 is 0 Å². The van der Waals surface area contributed by atoms with E-state index in [1.54, 1.807) is 6.92 Å². The van der Waals surface area contributed by atoms with Crippen molar-refractivity contribution in [2.45, 2.75) is 66.5 Å². The fourth-order valence-electron chi connectivity index (χ4n) is 3.47. The molecule has 0 fully saturated rings. The number of aromatic nitrogens is 1. The molecule has 3 aromatic rings. The van der Waals surface area contributed by atoms with Gasteiger partial charge in [0.15, 0.2) is 5.69 Å². The minimum absolute atomic E-state index is 0.0912. The van der Waals surface area contributed by atoms with Crippen molar-refractivity contribution in [3.8, 4) is 5.75 Å². The molecule has 1 heterocycles. The lowest BCUT2D eigenvalue weighted by Gasteiger charge is -2.20. The number of ether oxygens (including phenoxy) is 1. The first-order valence-corrected chi connectivity index (χ1v) is 10.6. The van der Waals surface area contributed by atoms with Crippen LogP contribution in [-0.4, -0.2) is 11.1 Å². The molecule has 3 rings (SSSR count). The molecule has 1 atom stereocenters. The second-order valence-electron chi connectivity index (χ2n) is 9.19. The van der Waals surface area contributed by atoms with Crippen molar-refractivity contribution in [1.82, 2.24) is 10.5 Å². The molecule has 0 saturated heterocycles. The Morgan fingerprint density at radius 1 is 1.10 bits per heavy atom. The number of benzene rings is 2. The number of hydrogen-bond acceptors (Lipinski definition) is 4. The quantitative estimate of drug-likeness (QED) is 0.534. The van der Waals surface area contributed by atoms with E-state index in [2.05, 4.69) is 61.6 Å². The second-order valence-corrected chi connectivity index (χ2v) is 9.19. The Hall–Kier alpha value is -3.08. The zero-order valence-corrected chi connectivity index (χ0v) is 19.5. The van der Waals surface area contributed by atoms with Gasteiger partial charge in [-0.25, -0.2) is 0 Å². The average molecular weight is 421 g/mol. The third-order valence-electron chi connectivity index (χ3n) is 5.53. The zero-order chi connectivity index (χ0) is 22.8. The maximum Gasteiger partial charge on any atom is 0.274 e. The fraction of sp³-hybridized carbons (Fsp3) is 0.385. The summed E-state index contributed by atoms with van der Waals surface area (Å²) in [7, 11) is 0. The van der Waals surface area contributed by atoms with Gasteiger partial charge in [0.2, 0.25) is 0 Å². The predicted octanol–water partition coefficient (Wildman–Crippen LogP) is 5.97. The topological polar surface area (TPSA) is 64.4 Å². The third kappa shape index (κ3) is 5.35. The first-order chi connectivity index (χ1) is 14.6. The zero-order valence-electron chi connectivity index (χ0n) is 19.5. The summed E-state index contributed by atoms with van der Waals surface area (Å²) in [6, 6.07) is 14.2. The Kier molecular flexibility index (Phi) is 6.54. The van der Waals surface area contributed by atoms with Crippen LogP contribution >= 0.6 is 0 Å². The van der Waals surface area contributed by atoms with Gasteiger partial charge in [-0.15, -0.1) is 0 Å². The number of nitrogens with one attached hydrogen (secondary N) is 1. The van der Waals surface area contributed by atoms with Crippen LogP contribution in [0.15, 0.2) is 47.0 Å². The Bertz CT molecular complexity index is 1060. The largest absolute Gasteiger partial charge is 0.488 e. The van der Waals surface area contributed by atoms with Gasteiger partial charge in [0.1, 0.15) is 18.1 Å². The lowest BCUT2D eigenvalue weighted by Crippen LogP contribution is -2.28. The average Bonchev–Trinajstić information content (AvgIpc) is 3.07. The van der Waals surface area contributed by atoms with Crippen LogP contribution in [0.5, 0.6) is 5.75 Å². The molecule has 1 N–H and O–H groups in total. The first-order valence-electron chi connectivity index (χ1n) is 10.6. The van der Waals surface area contributed by atoms with E-state index in [1.165, 1.54) is 11.1 Å². The van der Waals surface area contributed by atoms with Crippen molar-refractivity contribution < 1.29 is 14.1 Å². The van der Waals surface area contributed by atoms with Crippen LogP contribution in [-0.2, 0) is 12.0 Å². The molecule has 0 bridgehead atoms. The van der Waals surface area contributed by atoms with Gasteiger partial charge in [-0.3, -0.25) is 4.79 Å². The second kappa shape index (κ2) is 8.96.